The lowest BCUT2D eigenvalue weighted by atomic mass is 10.0. The number of nitrogens with zero attached hydrogens (tertiary/aromatic N) is 2. The lowest BCUT2D eigenvalue weighted by Gasteiger charge is -2.32. The summed E-state index contributed by atoms with van der Waals surface area (Å²) in [5.41, 5.74) is 1.86. The summed E-state index contributed by atoms with van der Waals surface area (Å²) in [4.78, 5) is 33.1. The fourth-order valence-electron chi connectivity index (χ4n) is 5.27. The molecular weight excluding hydrogens is 557 g/mol. The number of sulfone groups is 1. The number of likely N-dealkylation sites (N-methyl/N-ethyl adjacent to an activating group) is 1. The van der Waals surface area contributed by atoms with Gasteiger partial charge in [0, 0.05) is 48.8 Å². The van der Waals surface area contributed by atoms with E-state index in [2.05, 4.69) is 15.2 Å². The Balaban J connectivity index is 1.48. The number of amides is 2. The first kappa shape index (κ1) is 28.6. The molecule has 3 aromatic rings. The van der Waals surface area contributed by atoms with Gasteiger partial charge < -0.3 is 20.1 Å². The quantitative estimate of drug-likeness (QED) is 0.429. The van der Waals surface area contributed by atoms with Crippen LogP contribution in [-0.4, -0.2) is 68.2 Å². The van der Waals surface area contributed by atoms with Crippen LogP contribution in [0.25, 0.3) is 11.6 Å². The zero-order valence-electron chi connectivity index (χ0n) is 22.7. The van der Waals surface area contributed by atoms with Crippen molar-refractivity contribution in [3.05, 3.63) is 81.7 Å². The zero-order valence-corrected chi connectivity index (χ0v) is 23.5. The number of anilines is 1. The van der Waals surface area contributed by atoms with Gasteiger partial charge in [-0.25, -0.2) is 8.42 Å². The van der Waals surface area contributed by atoms with E-state index in [1.807, 2.05) is 7.05 Å². The van der Waals surface area contributed by atoms with E-state index in [-0.39, 0.29) is 21.9 Å². The maximum Gasteiger partial charge on any atom is 0.416 e. The lowest BCUT2D eigenvalue weighted by molar-refractivity contribution is -0.138. The van der Waals surface area contributed by atoms with E-state index < -0.39 is 33.2 Å². The maximum atomic E-state index is 13.5. The summed E-state index contributed by atoms with van der Waals surface area (Å²) in [6.45, 7) is 6.33. The Labute approximate surface area is 235 Å². The predicted molar refractivity (Wildman–Crippen MR) is 149 cm³/mol. The molecule has 1 saturated heterocycles. The standard InChI is InChI=1S/C29H29F3N4O4S/c1-17-25(33-18(2)26(17)28(38)36-12-10-35(3)11-13-36)15-22-21-14-20(8-9-24(21)34-27(22)37)41(39,40)16-19-6-4-5-7-23(19)29(30,31)32/h4-9,14-15,33H,10-13,16H2,1-3H3,(H,34,37). The molecule has 2 aliphatic heterocycles. The van der Waals surface area contributed by atoms with Gasteiger partial charge in [-0.05, 0) is 62.4 Å². The molecule has 0 atom stereocenters. The summed E-state index contributed by atoms with van der Waals surface area (Å²) in [5, 5.41) is 2.70. The van der Waals surface area contributed by atoms with Crippen molar-refractivity contribution in [1.82, 2.24) is 14.8 Å². The molecule has 5 rings (SSSR count). The van der Waals surface area contributed by atoms with E-state index in [1.54, 1.807) is 24.8 Å². The minimum absolute atomic E-state index is 0.0993. The van der Waals surface area contributed by atoms with Gasteiger partial charge in [0.05, 0.1) is 27.3 Å². The summed E-state index contributed by atoms with van der Waals surface area (Å²) in [6.07, 6.45) is -3.13. The number of aryl methyl sites for hydroxylation is 1. The van der Waals surface area contributed by atoms with Crippen LogP contribution in [0.5, 0.6) is 0 Å². The molecule has 41 heavy (non-hydrogen) atoms. The molecule has 1 fully saturated rings. The Morgan fingerprint density at radius 1 is 1.05 bits per heavy atom. The van der Waals surface area contributed by atoms with Gasteiger partial charge in [-0.3, -0.25) is 9.59 Å². The number of benzene rings is 2. The molecule has 0 aliphatic carbocycles. The van der Waals surface area contributed by atoms with Crippen molar-refractivity contribution in [1.29, 1.82) is 0 Å². The van der Waals surface area contributed by atoms with E-state index in [9.17, 15) is 31.2 Å². The number of aromatic nitrogens is 1. The summed E-state index contributed by atoms with van der Waals surface area (Å²) >= 11 is 0. The Hall–Kier alpha value is -3.90. The molecule has 8 nitrogen and oxygen atoms in total. The van der Waals surface area contributed by atoms with Gasteiger partial charge in [0.25, 0.3) is 11.8 Å². The van der Waals surface area contributed by atoms with Crippen molar-refractivity contribution in [2.24, 2.45) is 0 Å². The highest BCUT2D eigenvalue weighted by molar-refractivity contribution is 7.90. The number of halogens is 3. The first-order chi connectivity index (χ1) is 19.3. The van der Waals surface area contributed by atoms with Crippen molar-refractivity contribution in [3.63, 3.8) is 0 Å². The molecule has 216 valence electrons. The first-order valence-corrected chi connectivity index (χ1v) is 14.6. The molecular formula is C29H29F3N4O4S. The average Bonchev–Trinajstić information content (AvgIpc) is 3.37. The highest BCUT2D eigenvalue weighted by atomic mass is 32.2. The number of rotatable bonds is 5. The van der Waals surface area contributed by atoms with Crippen LogP contribution in [0.4, 0.5) is 18.9 Å². The normalized spacial score (nSPS) is 17.2. The third-order valence-electron chi connectivity index (χ3n) is 7.57. The van der Waals surface area contributed by atoms with Crippen molar-refractivity contribution >= 4 is 39.0 Å². The molecule has 2 aromatic carbocycles. The number of aromatic amines is 1. The van der Waals surface area contributed by atoms with Gasteiger partial charge in [0.2, 0.25) is 0 Å². The third kappa shape index (κ3) is 5.53. The summed E-state index contributed by atoms with van der Waals surface area (Å²) in [5.74, 6) is -1.41. The minimum Gasteiger partial charge on any atom is -0.358 e. The number of carbonyl (C=O) groups excluding carboxylic acids is 2. The summed E-state index contributed by atoms with van der Waals surface area (Å²) in [6, 6.07) is 8.54. The van der Waals surface area contributed by atoms with Crippen molar-refractivity contribution in [3.8, 4) is 0 Å². The SMILES string of the molecule is Cc1[nH]c(C=C2C(=O)Nc3ccc(S(=O)(=O)Cc4ccccc4C(F)(F)F)cc32)c(C)c1C(=O)N1CCN(C)CC1. The fraction of sp³-hybridized carbons (Fsp3) is 0.310. The highest BCUT2D eigenvalue weighted by Gasteiger charge is 2.35. The third-order valence-corrected chi connectivity index (χ3v) is 9.23. The van der Waals surface area contributed by atoms with Crippen molar-refractivity contribution in [2.45, 2.75) is 30.7 Å². The number of H-pyrrole nitrogens is 1. The van der Waals surface area contributed by atoms with E-state index in [1.165, 1.54) is 30.3 Å². The molecule has 0 unspecified atom stereocenters. The van der Waals surface area contributed by atoms with Crippen LogP contribution in [0.3, 0.4) is 0 Å². The van der Waals surface area contributed by atoms with Gasteiger partial charge in [-0.2, -0.15) is 13.2 Å². The number of piperazine rings is 1. The van der Waals surface area contributed by atoms with Crippen LogP contribution in [0.15, 0.2) is 47.4 Å². The van der Waals surface area contributed by atoms with Crippen molar-refractivity contribution in [2.75, 3.05) is 38.5 Å². The minimum atomic E-state index is -4.70. The van der Waals surface area contributed by atoms with E-state index in [0.717, 1.165) is 25.2 Å². The molecule has 3 heterocycles. The fourth-order valence-corrected chi connectivity index (χ4v) is 6.67. The number of fused-ring (bicyclic) bond motifs is 1. The van der Waals surface area contributed by atoms with Crippen molar-refractivity contribution < 1.29 is 31.2 Å². The molecule has 2 amide bonds. The molecule has 1 aromatic heterocycles. The van der Waals surface area contributed by atoms with Crippen LogP contribution in [0.1, 0.15) is 44.0 Å². The maximum absolute atomic E-state index is 13.5. The smallest absolute Gasteiger partial charge is 0.358 e. The van der Waals surface area contributed by atoms with Crippen LogP contribution in [0.2, 0.25) is 0 Å². The van der Waals surface area contributed by atoms with Gasteiger partial charge >= 0.3 is 6.18 Å². The summed E-state index contributed by atoms with van der Waals surface area (Å²) < 4.78 is 66.9. The van der Waals surface area contributed by atoms with Gasteiger partial charge in [0.1, 0.15) is 0 Å². The summed E-state index contributed by atoms with van der Waals surface area (Å²) in [7, 11) is -2.20. The second-order valence-electron chi connectivity index (χ2n) is 10.4. The molecule has 12 heteroatoms. The molecule has 2 aliphatic rings. The lowest BCUT2D eigenvalue weighted by Crippen LogP contribution is -2.47. The van der Waals surface area contributed by atoms with E-state index in [4.69, 9.17) is 0 Å². The number of hydrogen-bond donors (Lipinski definition) is 2. The number of nitrogens with one attached hydrogen (secondary N) is 2. The second-order valence-corrected chi connectivity index (χ2v) is 12.4. The number of carbonyl (C=O) groups is 2. The van der Waals surface area contributed by atoms with Gasteiger partial charge in [0.15, 0.2) is 9.84 Å². The van der Waals surface area contributed by atoms with E-state index in [0.29, 0.717) is 46.9 Å². The average molecular weight is 587 g/mol. The first-order valence-electron chi connectivity index (χ1n) is 13.0. The molecule has 0 radical (unpaired) electrons. The van der Waals surface area contributed by atoms with Crippen LogP contribution >= 0.6 is 0 Å². The Morgan fingerprint density at radius 2 is 1.73 bits per heavy atom. The molecule has 0 spiro atoms. The molecule has 2 N–H and O–H groups in total. The Morgan fingerprint density at radius 3 is 2.41 bits per heavy atom. The topological polar surface area (TPSA) is 103 Å². The van der Waals surface area contributed by atoms with Gasteiger partial charge in [-0.1, -0.05) is 18.2 Å². The zero-order chi connectivity index (χ0) is 29.7. The Bertz CT molecular complexity index is 1680. The van der Waals surface area contributed by atoms with E-state index >= 15 is 0 Å². The molecule has 0 saturated carbocycles. The van der Waals surface area contributed by atoms with Gasteiger partial charge in [-0.15, -0.1) is 0 Å². The largest absolute Gasteiger partial charge is 0.416 e. The monoisotopic (exact) mass is 586 g/mol. The predicted octanol–water partition coefficient (Wildman–Crippen LogP) is 4.50. The second kappa shape index (κ2) is 10.5. The van der Waals surface area contributed by atoms with Crippen LogP contribution in [-0.2, 0) is 26.6 Å². The molecule has 0 bridgehead atoms. The van der Waals surface area contributed by atoms with Crippen LogP contribution in [0, 0.1) is 13.8 Å². The number of hydrogen-bond acceptors (Lipinski definition) is 5. The highest BCUT2D eigenvalue weighted by Crippen LogP contribution is 2.37. The number of alkyl halides is 3. The van der Waals surface area contributed by atoms with Crippen LogP contribution < -0.4 is 5.32 Å². The Kier molecular flexibility index (Phi) is 7.33.